The molecule has 1 N–H and O–H groups in total. The van der Waals surface area contributed by atoms with Crippen molar-refractivity contribution in [1.82, 2.24) is 0 Å². The molecule has 0 radical (unpaired) electrons. The molecule has 94 valence electrons. The molecule has 3 nitrogen and oxygen atoms in total. The maximum atomic E-state index is 11.9. The Kier molecular flexibility index (Phi) is 3.05. The molecule has 0 saturated carbocycles. The van der Waals surface area contributed by atoms with Crippen molar-refractivity contribution in [2.75, 3.05) is 5.32 Å². The predicted molar refractivity (Wildman–Crippen MR) is 76.8 cm³/mol. The van der Waals surface area contributed by atoms with E-state index in [1.165, 1.54) is 0 Å². The van der Waals surface area contributed by atoms with Gasteiger partial charge in [0.2, 0.25) is 0 Å². The lowest BCUT2D eigenvalue weighted by Gasteiger charge is -1.99. The highest BCUT2D eigenvalue weighted by molar-refractivity contribution is 6.55. The maximum absolute atomic E-state index is 11.9. The molecule has 0 aromatic heterocycles. The Morgan fingerprint density at radius 3 is 2.63 bits per heavy atom. The lowest BCUT2D eigenvalue weighted by molar-refractivity contribution is -0.110. The molecule has 0 unspecified atom stereocenters. The van der Waals surface area contributed by atoms with Gasteiger partial charge in [-0.05, 0) is 11.6 Å². The molecule has 0 bridgehead atoms. The third-order valence-electron chi connectivity index (χ3n) is 2.98. The standard InChI is InChI=1S/C15H11ClN2O/c16-12-8-4-7-11-13(12)18-15(19)14(11)17-9-10-5-2-1-3-6-10/h1-8H,9H2,(H,17,18,19). The molecule has 2 aromatic rings. The highest BCUT2D eigenvalue weighted by Crippen LogP contribution is 2.31. The van der Waals surface area contributed by atoms with Crippen LogP contribution in [0.4, 0.5) is 5.69 Å². The van der Waals surface area contributed by atoms with E-state index in [1.54, 1.807) is 6.07 Å². The molecule has 0 saturated heterocycles. The highest BCUT2D eigenvalue weighted by Gasteiger charge is 2.27. The fourth-order valence-electron chi connectivity index (χ4n) is 2.05. The normalized spacial score (nSPS) is 15.4. The van der Waals surface area contributed by atoms with E-state index >= 15 is 0 Å². The Morgan fingerprint density at radius 2 is 1.84 bits per heavy atom. The third-order valence-corrected chi connectivity index (χ3v) is 3.30. The number of amides is 1. The fraction of sp³-hybridized carbons (Fsp3) is 0.0667. The van der Waals surface area contributed by atoms with E-state index in [2.05, 4.69) is 10.3 Å². The molecule has 0 spiro atoms. The first-order valence-corrected chi connectivity index (χ1v) is 6.32. The lowest BCUT2D eigenvalue weighted by Crippen LogP contribution is -2.14. The van der Waals surface area contributed by atoms with Crippen LogP contribution in [-0.4, -0.2) is 11.6 Å². The number of aliphatic imine (C=N–C) groups is 1. The van der Waals surface area contributed by atoms with Gasteiger partial charge in [-0.1, -0.05) is 54.1 Å². The van der Waals surface area contributed by atoms with Crippen LogP contribution >= 0.6 is 11.6 Å². The number of rotatable bonds is 2. The molecular weight excluding hydrogens is 260 g/mol. The molecular formula is C15H11ClN2O. The van der Waals surface area contributed by atoms with E-state index in [0.29, 0.717) is 23.0 Å². The quantitative estimate of drug-likeness (QED) is 0.894. The number of fused-ring (bicyclic) bond motifs is 1. The molecule has 0 fully saturated rings. The van der Waals surface area contributed by atoms with Crippen molar-refractivity contribution in [1.29, 1.82) is 0 Å². The second-order valence-electron chi connectivity index (χ2n) is 4.27. The van der Waals surface area contributed by atoms with Crippen LogP contribution in [0.15, 0.2) is 53.5 Å². The van der Waals surface area contributed by atoms with Gasteiger partial charge in [0.15, 0.2) is 0 Å². The van der Waals surface area contributed by atoms with E-state index in [-0.39, 0.29) is 5.91 Å². The summed E-state index contributed by atoms with van der Waals surface area (Å²) >= 11 is 6.05. The van der Waals surface area contributed by atoms with E-state index in [4.69, 9.17) is 11.6 Å². The first kappa shape index (κ1) is 11.9. The number of halogens is 1. The molecule has 19 heavy (non-hydrogen) atoms. The summed E-state index contributed by atoms with van der Waals surface area (Å²) in [6.07, 6.45) is 0. The largest absolute Gasteiger partial charge is 0.319 e. The van der Waals surface area contributed by atoms with Gasteiger partial charge in [0, 0.05) is 5.56 Å². The van der Waals surface area contributed by atoms with Crippen LogP contribution in [0.3, 0.4) is 0 Å². The molecule has 1 aliphatic heterocycles. The molecule has 1 amide bonds. The van der Waals surface area contributed by atoms with Gasteiger partial charge in [0.25, 0.3) is 5.91 Å². The van der Waals surface area contributed by atoms with Gasteiger partial charge in [-0.25, -0.2) is 0 Å². The van der Waals surface area contributed by atoms with E-state index < -0.39 is 0 Å². The SMILES string of the molecule is O=C1Nc2c(Cl)cccc2C1=NCc1ccccc1. The first-order valence-electron chi connectivity index (χ1n) is 5.94. The second kappa shape index (κ2) is 4.86. The average molecular weight is 271 g/mol. The van der Waals surface area contributed by atoms with Crippen LogP contribution in [0, 0.1) is 0 Å². The summed E-state index contributed by atoms with van der Waals surface area (Å²) < 4.78 is 0. The molecule has 1 heterocycles. The van der Waals surface area contributed by atoms with Crippen molar-refractivity contribution in [2.45, 2.75) is 6.54 Å². The minimum Gasteiger partial charge on any atom is -0.319 e. The monoisotopic (exact) mass is 270 g/mol. The molecule has 2 aromatic carbocycles. The van der Waals surface area contributed by atoms with Gasteiger partial charge in [-0.15, -0.1) is 0 Å². The van der Waals surface area contributed by atoms with Gasteiger partial charge < -0.3 is 5.32 Å². The van der Waals surface area contributed by atoms with Gasteiger partial charge in [0.05, 0.1) is 17.3 Å². The summed E-state index contributed by atoms with van der Waals surface area (Å²) in [5, 5.41) is 3.29. The maximum Gasteiger partial charge on any atom is 0.274 e. The van der Waals surface area contributed by atoms with Crippen LogP contribution in [-0.2, 0) is 11.3 Å². The van der Waals surface area contributed by atoms with Crippen molar-refractivity contribution < 1.29 is 4.79 Å². The minimum atomic E-state index is -0.195. The number of nitrogens with one attached hydrogen (secondary N) is 1. The average Bonchev–Trinajstić information content (AvgIpc) is 2.75. The highest BCUT2D eigenvalue weighted by atomic mass is 35.5. The van der Waals surface area contributed by atoms with Gasteiger partial charge in [0.1, 0.15) is 5.71 Å². The number of carbonyl (C=O) groups is 1. The number of hydrogen-bond donors (Lipinski definition) is 1. The Labute approximate surface area is 115 Å². The molecule has 4 heteroatoms. The Bertz CT molecular complexity index is 665. The van der Waals surface area contributed by atoms with Crippen molar-refractivity contribution in [3.8, 4) is 0 Å². The van der Waals surface area contributed by atoms with E-state index in [9.17, 15) is 4.79 Å². The first-order chi connectivity index (χ1) is 9.25. The van der Waals surface area contributed by atoms with Crippen LogP contribution in [0.5, 0.6) is 0 Å². The molecule has 3 rings (SSSR count). The van der Waals surface area contributed by atoms with Gasteiger partial charge in [-0.3, -0.25) is 9.79 Å². The summed E-state index contributed by atoms with van der Waals surface area (Å²) in [5.74, 6) is -0.195. The minimum absolute atomic E-state index is 0.195. The number of benzene rings is 2. The van der Waals surface area contributed by atoms with Crippen molar-refractivity contribution in [2.24, 2.45) is 4.99 Å². The molecule has 0 atom stereocenters. The Morgan fingerprint density at radius 1 is 1.05 bits per heavy atom. The lowest BCUT2D eigenvalue weighted by atomic mass is 10.1. The van der Waals surface area contributed by atoms with Crippen molar-refractivity contribution in [3.63, 3.8) is 0 Å². The van der Waals surface area contributed by atoms with Crippen LogP contribution < -0.4 is 5.32 Å². The summed E-state index contributed by atoms with van der Waals surface area (Å²) in [4.78, 5) is 16.3. The number of carbonyl (C=O) groups excluding carboxylic acids is 1. The van der Waals surface area contributed by atoms with Crippen LogP contribution in [0.2, 0.25) is 5.02 Å². The van der Waals surface area contributed by atoms with E-state index in [0.717, 1.165) is 11.1 Å². The Balaban J connectivity index is 1.94. The number of hydrogen-bond acceptors (Lipinski definition) is 2. The number of anilines is 1. The predicted octanol–water partition coefficient (Wildman–Crippen LogP) is 3.28. The zero-order valence-electron chi connectivity index (χ0n) is 10.1. The summed E-state index contributed by atoms with van der Waals surface area (Å²) in [5.41, 5.74) is 2.94. The van der Waals surface area contributed by atoms with Gasteiger partial charge >= 0.3 is 0 Å². The molecule has 1 aliphatic rings. The van der Waals surface area contributed by atoms with Crippen LogP contribution in [0.25, 0.3) is 0 Å². The zero-order chi connectivity index (χ0) is 13.2. The fourth-order valence-corrected chi connectivity index (χ4v) is 2.28. The van der Waals surface area contributed by atoms with Gasteiger partial charge in [-0.2, -0.15) is 0 Å². The smallest absolute Gasteiger partial charge is 0.274 e. The number of nitrogens with zero attached hydrogens (tertiary/aromatic N) is 1. The Hall–Kier alpha value is -2.13. The summed E-state index contributed by atoms with van der Waals surface area (Å²) in [6.45, 7) is 0.482. The van der Waals surface area contributed by atoms with Crippen LogP contribution in [0.1, 0.15) is 11.1 Å². The number of para-hydroxylation sites is 1. The zero-order valence-corrected chi connectivity index (χ0v) is 10.8. The third kappa shape index (κ3) is 2.25. The van der Waals surface area contributed by atoms with Crippen molar-refractivity contribution in [3.05, 3.63) is 64.7 Å². The summed E-state index contributed by atoms with van der Waals surface area (Å²) in [7, 11) is 0. The topological polar surface area (TPSA) is 41.5 Å². The molecule has 0 aliphatic carbocycles. The second-order valence-corrected chi connectivity index (χ2v) is 4.67. The van der Waals surface area contributed by atoms with Crippen molar-refractivity contribution >= 4 is 28.9 Å². The van der Waals surface area contributed by atoms with E-state index in [1.807, 2.05) is 42.5 Å². The summed E-state index contributed by atoms with van der Waals surface area (Å²) in [6, 6.07) is 15.2.